The minimum Gasteiger partial charge on any atom is -0.462 e. The van der Waals surface area contributed by atoms with Crippen LogP contribution in [0.25, 0.3) is 16.7 Å². The number of ether oxygens (including phenoxy) is 1. The summed E-state index contributed by atoms with van der Waals surface area (Å²) in [6.07, 6.45) is 5.77. The van der Waals surface area contributed by atoms with Gasteiger partial charge in [0.15, 0.2) is 0 Å². The fourth-order valence-electron chi connectivity index (χ4n) is 3.87. The van der Waals surface area contributed by atoms with E-state index in [1.54, 1.807) is 13.1 Å². The smallest absolute Gasteiger partial charge is 0.341 e. The Morgan fingerprint density at radius 3 is 2.59 bits per heavy atom. The highest BCUT2D eigenvalue weighted by Crippen LogP contribution is 2.46. The van der Waals surface area contributed by atoms with Crippen LogP contribution < -0.4 is 4.90 Å². The second-order valence-electron chi connectivity index (χ2n) is 7.64. The van der Waals surface area contributed by atoms with Crippen molar-refractivity contribution in [2.75, 3.05) is 11.5 Å². The first kappa shape index (κ1) is 19.2. The molecule has 2 aliphatic rings. The van der Waals surface area contributed by atoms with Gasteiger partial charge < -0.3 is 9.64 Å². The predicted octanol–water partition coefficient (Wildman–Crippen LogP) is 4.32. The lowest BCUT2D eigenvalue weighted by Gasteiger charge is -2.32. The van der Waals surface area contributed by atoms with Crippen molar-refractivity contribution in [1.82, 2.24) is 4.98 Å². The van der Waals surface area contributed by atoms with Gasteiger partial charge in [0.1, 0.15) is 5.94 Å². The van der Waals surface area contributed by atoms with Gasteiger partial charge in [0, 0.05) is 35.3 Å². The molecule has 0 bridgehead atoms. The lowest BCUT2D eigenvalue weighted by atomic mass is 9.88. The second-order valence-corrected chi connectivity index (χ2v) is 7.64. The molecule has 148 valence electrons. The molecule has 0 N–H and O–H groups in total. The number of benzene rings is 1. The number of aromatic nitrogens is 1. The first-order chi connectivity index (χ1) is 14.0. The molecule has 29 heavy (non-hydrogen) atoms. The maximum absolute atomic E-state index is 12.5. The van der Waals surface area contributed by atoms with Crippen LogP contribution in [0, 0.1) is 20.8 Å². The van der Waals surface area contributed by atoms with E-state index in [1.165, 1.54) is 0 Å². The molecule has 4 rings (SSSR count). The first-order valence-corrected chi connectivity index (χ1v) is 9.96. The van der Waals surface area contributed by atoms with E-state index in [9.17, 15) is 9.59 Å². The zero-order valence-corrected chi connectivity index (χ0v) is 17.2. The summed E-state index contributed by atoms with van der Waals surface area (Å²) in [4.78, 5) is 31.0. The van der Waals surface area contributed by atoms with Gasteiger partial charge in [0.2, 0.25) is 0 Å². The highest BCUT2D eigenvalue weighted by atomic mass is 16.5. The van der Waals surface area contributed by atoms with Crippen molar-refractivity contribution in [3.8, 4) is 11.1 Å². The molecule has 0 saturated heterocycles. The van der Waals surface area contributed by atoms with Crippen LogP contribution in [-0.4, -0.2) is 29.5 Å². The topological polar surface area (TPSA) is 59.5 Å². The van der Waals surface area contributed by atoms with E-state index >= 15 is 0 Å². The van der Waals surface area contributed by atoms with Crippen molar-refractivity contribution in [3.05, 3.63) is 58.6 Å². The normalized spacial score (nSPS) is 15.5. The summed E-state index contributed by atoms with van der Waals surface area (Å²) in [5.74, 6) is 1.51. The number of esters is 1. The molecule has 5 heteroatoms. The monoisotopic (exact) mass is 388 g/mol. The van der Waals surface area contributed by atoms with E-state index in [-0.39, 0.29) is 17.8 Å². The van der Waals surface area contributed by atoms with Gasteiger partial charge in [-0.1, -0.05) is 12.1 Å². The van der Waals surface area contributed by atoms with Crippen molar-refractivity contribution in [1.29, 1.82) is 0 Å². The number of anilines is 1. The highest BCUT2D eigenvalue weighted by molar-refractivity contribution is 6.17. The minimum absolute atomic E-state index is 0.260. The first-order valence-electron chi connectivity index (χ1n) is 9.96. The van der Waals surface area contributed by atoms with E-state index in [4.69, 9.17) is 4.74 Å². The third kappa shape index (κ3) is 3.28. The number of aryl methyl sites for hydroxylation is 2. The minimum atomic E-state index is -0.484. The van der Waals surface area contributed by atoms with Gasteiger partial charge >= 0.3 is 5.97 Å². The Bertz CT molecular complexity index is 1090. The van der Waals surface area contributed by atoms with Crippen molar-refractivity contribution in [2.45, 2.75) is 46.6 Å². The van der Waals surface area contributed by atoms with E-state index in [0.29, 0.717) is 6.04 Å². The second kappa shape index (κ2) is 7.34. The molecule has 1 aromatic heterocycles. The van der Waals surface area contributed by atoms with Crippen LogP contribution >= 0.6 is 0 Å². The van der Waals surface area contributed by atoms with E-state index in [1.807, 2.05) is 31.2 Å². The Labute approximate surface area is 170 Å². The van der Waals surface area contributed by atoms with Gasteiger partial charge in [-0.2, -0.15) is 0 Å². The largest absolute Gasteiger partial charge is 0.462 e. The van der Waals surface area contributed by atoms with Crippen LogP contribution in [0.5, 0.6) is 0 Å². The summed E-state index contributed by atoms with van der Waals surface area (Å²) in [6.45, 7) is 8.13. The molecule has 0 amide bonds. The molecule has 0 spiro atoms. The van der Waals surface area contributed by atoms with Crippen LogP contribution in [0.2, 0.25) is 0 Å². The molecule has 1 aromatic carbocycles. The summed E-state index contributed by atoms with van der Waals surface area (Å²) in [5.41, 5.74) is 7.57. The fourth-order valence-corrected chi connectivity index (χ4v) is 3.87. The summed E-state index contributed by atoms with van der Waals surface area (Å²) in [6, 6.07) is 6.38. The Balaban J connectivity index is 1.89. The molecule has 0 radical (unpaired) electrons. The van der Waals surface area contributed by atoms with Crippen molar-refractivity contribution in [3.63, 3.8) is 0 Å². The zero-order valence-electron chi connectivity index (χ0n) is 17.2. The predicted molar refractivity (Wildman–Crippen MR) is 113 cm³/mol. The van der Waals surface area contributed by atoms with Gasteiger partial charge in [-0.3, -0.25) is 4.98 Å². The van der Waals surface area contributed by atoms with Gasteiger partial charge in [0.05, 0.1) is 23.4 Å². The molecular weight excluding hydrogens is 364 g/mol. The number of fused-ring (bicyclic) bond motifs is 1. The van der Waals surface area contributed by atoms with Crippen molar-refractivity contribution in [2.24, 2.45) is 0 Å². The number of carbonyl (C=O) groups is 1. The lowest BCUT2D eigenvalue weighted by Crippen LogP contribution is -2.28. The molecule has 1 aliphatic heterocycles. The fraction of sp³-hybridized carbons (Fsp3) is 0.333. The van der Waals surface area contributed by atoms with E-state index in [0.717, 1.165) is 52.0 Å². The van der Waals surface area contributed by atoms with Crippen molar-refractivity contribution >= 4 is 23.2 Å². The molecular formula is C24H24N2O3. The van der Waals surface area contributed by atoms with Crippen LogP contribution in [0.3, 0.4) is 0 Å². The van der Waals surface area contributed by atoms with E-state index in [2.05, 4.69) is 29.8 Å². The van der Waals surface area contributed by atoms with Gasteiger partial charge in [-0.25, -0.2) is 9.59 Å². The quantitative estimate of drug-likeness (QED) is 0.577. The number of nitrogens with zero attached hydrogens (tertiary/aromatic N) is 2. The molecule has 2 aromatic rings. The summed E-state index contributed by atoms with van der Waals surface area (Å²) < 4.78 is 5.18. The summed E-state index contributed by atoms with van der Waals surface area (Å²) in [7, 11) is 0. The maximum Gasteiger partial charge on any atom is 0.341 e. The lowest BCUT2D eigenvalue weighted by molar-refractivity contribution is -0.138. The zero-order chi connectivity index (χ0) is 20.7. The number of hydrogen-bond acceptors (Lipinski definition) is 5. The number of pyridine rings is 1. The highest BCUT2D eigenvalue weighted by Gasteiger charge is 2.37. The van der Waals surface area contributed by atoms with Gasteiger partial charge in [0.25, 0.3) is 0 Å². The molecule has 0 unspecified atom stereocenters. The molecule has 1 saturated carbocycles. The summed E-state index contributed by atoms with van der Waals surface area (Å²) >= 11 is 0. The standard InChI is InChI=1S/C24H24N2O3/c1-5-29-24(28)21-12-26(18-6-7-18)23-15(3)19(8-9-20(23)22(21)13-27)17-10-14(2)16(4)25-11-17/h8-12,18H,5-7H2,1-4H3. The number of hydrogen-bond donors (Lipinski definition) is 0. The Hall–Kier alpha value is -3.17. The average Bonchev–Trinajstić information content (AvgIpc) is 3.54. The Morgan fingerprint density at radius 1 is 1.24 bits per heavy atom. The average molecular weight is 388 g/mol. The summed E-state index contributed by atoms with van der Waals surface area (Å²) in [5, 5.41) is 0. The molecule has 5 nitrogen and oxygen atoms in total. The molecule has 0 atom stereocenters. The van der Waals surface area contributed by atoms with E-state index < -0.39 is 5.97 Å². The van der Waals surface area contributed by atoms with Crippen LogP contribution in [-0.2, 0) is 14.3 Å². The van der Waals surface area contributed by atoms with Crippen LogP contribution in [0.1, 0.15) is 42.1 Å². The molecule has 1 aliphatic carbocycles. The van der Waals surface area contributed by atoms with Crippen LogP contribution in [0.4, 0.5) is 5.69 Å². The van der Waals surface area contributed by atoms with Crippen molar-refractivity contribution < 1.29 is 14.3 Å². The number of carbonyl (C=O) groups excluding carboxylic acids is 2. The van der Waals surface area contributed by atoms with Gasteiger partial charge in [-0.15, -0.1) is 0 Å². The molecule has 2 heterocycles. The molecule has 1 fully saturated rings. The maximum atomic E-state index is 12.5. The Morgan fingerprint density at radius 2 is 1.97 bits per heavy atom. The van der Waals surface area contributed by atoms with Gasteiger partial charge in [-0.05, 0) is 63.3 Å². The Kier molecular flexibility index (Phi) is 4.85. The third-order valence-electron chi connectivity index (χ3n) is 5.68. The third-order valence-corrected chi connectivity index (χ3v) is 5.68. The van der Waals surface area contributed by atoms with Crippen LogP contribution in [0.15, 0.2) is 36.2 Å². The SMILES string of the molecule is CCOC(=O)C1=CN(C2CC2)c2c(ccc(-c3cnc(C)c(C)c3)c2C)C1=C=O. The number of rotatable bonds is 4.